The molecule has 166 valence electrons. The highest BCUT2D eigenvalue weighted by molar-refractivity contribution is 6.11. The Morgan fingerprint density at radius 2 is 1.50 bits per heavy atom. The molecule has 3 rings (SSSR count). The van der Waals surface area contributed by atoms with Gasteiger partial charge in [-0.05, 0) is 42.2 Å². The summed E-state index contributed by atoms with van der Waals surface area (Å²) in [4.78, 5) is 27.7. The lowest BCUT2D eigenvalue weighted by atomic mass is 10.1. The molecule has 5 nitrogen and oxygen atoms in total. The number of nitrogens with one attached hydrogen (secondary N) is 1. The lowest BCUT2D eigenvalue weighted by molar-refractivity contribution is 0.0951. The molecule has 0 bridgehead atoms. The monoisotopic (exact) mass is 430 g/mol. The fourth-order valence-electron chi connectivity index (χ4n) is 3.30. The predicted molar refractivity (Wildman–Crippen MR) is 128 cm³/mol. The first kappa shape index (κ1) is 23.1. The van der Waals surface area contributed by atoms with E-state index in [2.05, 4.69) is 19.2 Å². The van der Waals surface area contributed by atoms with Gasteiger partial charge in [0.25, 0.3) is 11.8 Å². The van der Waals surface area contributed by atoms with Crippen molar-refractivity contribution in [1.82, 2.24) is 5.32 Å². The molecular formula is C27H30N2O3. The third-order valence-electron chi connectivity index (χ3n) is 5.18. The van der Waals surface area contributed by atoms with E-state index in [0.29, 0.717) is 41.6 Å². The number of nitrogens with zero attached hydrogens (tertiary/aromatic N) is 1. The number of amides is 2. The quantitative estimate of drug-likeness (QED) is 0.500. The van der Waals surface area contributed by atoms with Gasteiger partial charge in [-0.15, -0.1) is 0 Å². The second-order valence-electron chi connectivity index (χ2n) is 8.08. The molecule has 0 atom stereocenters. The molecule has 0 saturated heterocycles. The van der Waals surface area contributed by atoms with E-state index in [-0.39, 0.29) is 11.8 Å². The van der Waals surface area contributed by atoms with Gasteiger partial charge >= 0.3 is 0 Å². The van der Waals surface area contributed by atoms with Gasteiger partial charge in [-0.2, -0.15) is 0 Å². The number of ether oxygens (including phenoxy) is 1. The van der Waals surface area contributed by atoms with Crippen molar-refractivity contribution in [3.63, 3.8) is 0 Å². The molecule has 5 heteroatoms. The number of para-hydroxylation sites is 2. The molecule has 0 aromatic heterocycles. The van der Waals surface area contributed by atoms with Gasteiger partial charge in [0.1, 0.15) is 5.75 Å². The molecule has 32 heavy (non-hydrogen) atoms. The third-order valence-corrected chi connectivity index (χ3v) is 5.18. The summed E-state index contributed by atoms with van der Waals surface area (Å²) in [5, 5.41) is 2.94. The summed E-state index contributed by atoms with van der Waals surface area (Å²) in [6.45, 7) is 5.23. The van der Waals surface area contributed by atoms with E-state index in [9.17, 15) is 9.59 Å². The van der Waals surface area contributed by atoms with Crippen molar-refractivity contribution in [2.75, 3.05) is 18.6 Å². The Kier molecular flexibility index (Phi) is 8.03. The Morgan fingerprint density at radius 1 is 0.875 bits per heavy atom. The van der Waals surface area contributed by atoms with E-state index < -0.39 is 0 Å². The van der Waals surface area contributed by atoms with Gasteiger partial charge in [0.05, 0.1) is 23.4 Å². The first-order chi connectivity index (χ1) is 15.5. The minimum absolute atomic E-state index is 0.228. The Bertz CT molecular complexity index is 1050. The van der Waals surface area contributed by atoms with E-state index in [4.69, 9.17) is 4.74 Å². The van der Waals surface area contributed by atoms with Crippen molar-refractivity contribution in [2.45, 2.75) is 26.8 Å². The van der Waals surface area contributed by atoms with Gasteiger partial charge in [-0.25, -0.2) is 0 Å². The molecule has 0 aliphatic carbocycles. The number of anilines is 1. The van der Waals surface area contributed by atoms with Gasteiger partial charge in [0, 0.05) is 13.6 Å². The normalized spacial score (nSPS) is 10.6. The third kappa shape index (κ3) is 5.97. The van der Waals surface area contributed by atoms with Crippen molar-refractivity contribution in [1.29, 1.82) is 0 Å². The highest BCUT2D eigenvalue weighted by Gasteiger charge is 2.22. The fourth-order valence-corrected chi connectivity index (χ4v) is 3.30. The first-order valence-electron chi connectivity index (χ1n) is 10.9. The number of rotatable bonds is 9. The molecular weight excluding hydrogens is 400 g/mol. The number of carbonyl (C=O) groups is 2. The van der Waals surface area contributed by atoms with E-state index >= 15 is 0 Å². The van der Waals surface area contributed by atoms with Gasteiger partial charge in [-0.3, -0.25) is 9.59 Å². The van der Waals surface area contributed by atoms with E-state index in [0.717, 1.165) is 12.0 Å². The summed E-state index contributed by atoms with van der Waals surface area (Å²) in [5.74, 6) is 0.608. The SMILES string of the molecule is CC(C)CCOc1ccccc1C(=O)N(C)c1ccccc1C(=O)NCc1ccccc1. The van der Waals surface area contributed by atoms with Crippen molar-refractivity contribution < 1.29 is 14.3 Å². The zero-order valence-electron chi connectivity index (χ0n) is 18.9. The Morgan fingerprint density at radius 3 is 2.22 bits per heavy atom. The standard InChI is InChI=1S/C27H30N2O3/c1-20(2)17-18-32-25-16-10-8-14-23(25)27(31)29(3)24-15-9-7-13-22(24)26(30)28-19-21-11-5-4-6-12-21/h4-16,20H,17-19H2,1-3H3,(H,28,30). The lowest BCUT2D eigenvalue weighted by Crippen LogP contribution is -2.31. The van der Waals surface area contributed by atoms with Crippen LogP contribution in [0.15, 0.2) is 78.9 Å². The highest BCUT2D eigenvalue weighted by Crippen LogP contribution is 2.25. The van der Waals surface area contributed by atoms with Crippen LogP contribution in [-0.2, 0) is 6.54 Å². The van der Waals surface area contributed by atoms with Gasteiger partial charge in [-0.1, -0.05) is 68.4 Å². The predicted octanol–water partition coefficient (Wildman–Crippen LogP) is 5.32. The van der Waals surface area contributed by atoms with Crippen LogP contribution in [0.4, 0.5) is 5.69 Å². The zero-order valence-corrected chi connectivity index (χ0v) is 18.9. The molecule has 0 aliphatic rings. The molecule has 0 aliphatic heterocycles. The Balaban J connectivity index is 1.77. The van der Waals surface area contributed by atoms with Crippen molar-refractivity contribution in [3.05, 3.63) is 95.6 Å². The molecule has 0 unspecified atom stereocenters. The number of hydrogen-bond acceptors (Lipinski definition) is 3. The molecule has 0 saturated carbocycles. The number of benzene rings is 3. The summed E-state index contributed by atoms with van der Waals surface area (Å²) in [6, 6.07) is 24.1. The average molecular weight is 431 g/mol. The molecule has 2 amide bonds. The molecule has 3 aromatic rings. The number of hydrogen-bond donors (Lipinski definition) is 1. The topological polar surface area (TPSA) is 58.6 Å². The molecule has 0 radical (unpaired) electrons. The molecule has 3 aromatic carbocycles. The fraction of sp³-hybridized carbons (Fsp3) is 0.259. The summed E-state index contributed by atoms with van der Waals surface area (Å²) in [6.07, 6.45) is 0.906. The largest absolute Gasteiger partial charge is 0.493 e. The maximum atomic E-state index is 13.3. The second kappa shape index (κ2) is 11.1. The molecule has 0 spiro atoms. The summed E-state index contributed by atoms with van der Waals surface area (Å²) in [5.41, 5.74) is 2.46. The van der Waals surface area contributed by atoms with Crippen LogP contribution in [0.3, 0.4) is 0 Å². The smallest absolute Gasteiger partial charge is 0.261 e. The van der Waals surface area contributed by atoms with Crippen molar-refractivity contribution >= 4 is 17.5 Å². The summed E-state index contributed by atoms with van der Waals surface area (Å²) in [7, 11) is 1.68. The maximum absolute atomic E-state index is 13.3. The highest BCUT2D eigenvalue weighted by atomic mass is 16.5. The first-order valence-corrected chi connectivity index (χ1v) is 10.9. The Labute approximate surface area is 190 Å². The van der Waals surface area contributed by atoms with Crippen LogP contribution in [0.5, 0.6) is 5.75 Å². The van der Waals surface area contributed by atoms with Gasteiger partial charge < -0.3 is 15.0 Å². The summed E-state index contributed by atoms with van der Waals surface area (Å²) >= 11 is 0. The molecule has 0 fully saturated rings. The van der Waals surface area contributed by atoms with Crippen LogP contribution in [-0.4, -0.2) is 25.5 Å². The van der Waals surface area contributed by atoms with Crippen LogP contribution in [0, 0.1) is 5.92 Å². The van der Waals surface area contributed by atoms with Crippen LogP contribution < -0.4 is 15.0 Å². The van der Waals surface area contributed by atoms with Crippen LogP contribution >= 0.6 is 0 Å². The minimum atomic E-state index is -0.231. The van der Waals surface area contributed by atoms with Crippen molar-refractivity contribution in [2.24, 2.45) is 5.92 Å². The van der Waals surface area contributed by atoms with Gasteiger partial charge in [0.2, 0.25) is 0 Å². The molecule has 0 heterocycles. The minimum Gasteiger partial charge on any atom is -0.493 e. The molecule has 1 N–H and O–H groups in total. The maximum Gasteiger partial charge on any atom is 0.261 e. The Hall–Kier alpha value is -3.60. The second-order valence-corrected chi connectivity index (χ2v) is 8.08. The lowest BCUT2D eigenvalue weighted by Gasteiger charge is -2.22. The van der Waals surface area contributed by atoms with Crippen LogP contribution in [0.25, 0.3) is 0 Å². The van der Waals surface area contributed by atoms with E-state index in [1.807, 2.05) is 48.5 Å². The zero-order chi connectivity index (χ0) is 22.9. The van der Waals surface area contributed by atoms with E-state index in [1.165, 1.54) is 4.90 Å². The van der Waals surface area contributed by atoms with Crippen LogP contribution in [0.2, 0.25) is 0 Å². The van der Waals surface area contributed by atoms with Gasteiger partial charge in [0.15, 0.2) is 0 Å². The average Bonchev–Trinajstić information content (AvgIpc) is 2.82. The van der Waals surface area contributed by atoms with Crippen molar-refractivity contribution in [3.8, 4) is 5.75 Å². The van der Waals surface area contributed by atoms with E-state index in [1.54, 1.807) is 37.4 Å². The number of carbonyl (C=O) groups excluding carboxylic acids is 2. The van der Waals surface area contributed by atoms with Crippen LogP contribution in [0.1, 0.15) is 46.5 Å². The summed E-state index contributed by atoms with van der Waals surface area (Å²) < 4.78 is 5.89.